The van der Waals surface area contributed by atoms with Crippen molar-refractivity contribution in [1.82, 2.24) is 0 Å². The Morgan fingerprint density at radius 1 is 0.408 bits per heavy atom. The largest absolute Gasteiger partial charge is 0.462 e. The first-order chi connectivity index (χ1) is 23.9. The highest BCUT2D eigenvalue weighted by molar-refractivity contribution is 5.71. The Morgan fingerprint density at radius 2 is 0.714 bits per heavy atom. The molecule has 0 radical (unpaired) electrons. The van der Waals surface area contributed by atoms with Crippen LogP contribution in [-0.4, -0.2) is 37.2 Å². The highest BCUT2D eigenvalue weighted by Crippen LogP contribution is 2.16. The van der Waals surface area contributed by atoms with Crippen LogP contribution >= 0.6 is 0 Å². The average Bonchev–Trinajstić information content (AvgIpc) is 3.10. The molecule has 0 spiro atoms. The molecule has 0 bridgehead atoms. The number of ether oxygens (including phenoxy) is 3. The maximum absolute atomic E-state index is 12.7. The lowest BCUT2D eigenvalue weighted by atomic mass is 10.00. The van der Waals surface area contributed by atoms with Crippen molar-refractivity contribution in [2.45, 2.75) is 239 Å². The lowest BCUT2D eigenvalue weighted by Crippen LogP contribution is -2.30. The van der Waals surface area contributed by atoms with Gasteiger partial charge < -0.3 is 14.2 Å². The van der Waals surface area contributed by atoms with E-state index >= 15 is 0 Å². The van der Waals surface area contributed by atoms with E-state index in [0.717, 1.165) is 63.7 Å². The molecule has 290 valence electrons. The Balaban J connectivity index is 4.30. The third-order valence-corrected chi connectivity index (χ3v) is 9.90. The molecule has 0 aliphatic rings. The topological polar surface area (TPSA) is 78.9 Å². The molecule has 6 nitrogen and oxygen atoms in total. The second-order valence-corrected chi connectivity index (χ2v) is 14.9. The number of hydrogen-bond donors (Lipinski definition) is 0. The Labute approximate surface area is 304 Å². The van der Waals surface area contributed by atoms with Crippen LogP contribution in [0.25, 0.3) is 0 Å². The molecule has 1 unspecified atom stereocenters. The summed E-state index contributed by atoms with van der Waals surface area (Å²) in [5.41, 5.74) is 0. The summed E-state index contributed by atoms with van der Waals surface area (Å²) in [6, 6.07) is 0. The molecule has 0 rings (SSSR count). The van der Waals surface area contributed by atoms with Gasteiger partial charge in [-0.25, -0.2) is 0 Å². The monoisotopic (exact) mass is 695 g/mol. The van der Waals surface area contributed by atoms with Crippen LogP contribution in [0.2, 0.25) is 0 Å². The molecule has 49 heavy (non-hydrogen) atoms. The van der Waals surface area contributed by atoms with Crippen molar-refractivity contribution >= 4 is 17.9 Å². The van der Waals surface area contributed by atoms with Crippen LogP contribution in [-0.2, 0) is 28.6 Å². The lowest BCUT2D eigenvalue weighted by molar-refractivity contribution is -0.167. The molecule has 0 aliphatic carbocycles. The second kappa shape index (κ2) is 37.7. The summed E-state index contributed by atoms with van der Waals surface area (Å²) in [5.74, 6) is -0.0525. The van der Waals surface area contributed by atoms with Crippen molar-refractivity contribution in [3.8, 4) is 0 Å². The summed E-state index contributed by atoms with van der Waals surface area (Å²) in [6.45, 7) is 8.91. The molecule has 0 aromatic rings. The fourth-order valence-electron chi connectivity index (χ4n) is 6.24. The zero-order chi connectivity index (χ0) is 36.0. The highest BCUT2D eigenvalue weighted by atomic mass is 16.6. The summed E-state index contributed by atoms with van der Waals surface area (Å²) in [6.07, 6.45) is 35.2. The molecule has 0 N–H and O–H groups in total. The minimum Gasteiger partial charge on any atom is -0.462 e. The van der Waals surface area contributed by atoms with Crippen LogP contribution in [0.1, 0.15) is 233 Å². The molecule has 0 saturated heterocycles. The third-order valence-electron chi connectivity index (χ3n) is 9.90. The van der Waals surface area contributed by atoms with Gasteiger partial charge in [-0.1, -0.05) is 195 Å². The van der Waals surface area contributed by atoms with Gasteiger partial charge in [0.05, 0.1) is 0 Å². The third kappa shape index (κ3) is 36.0. The SMILES string of the molecule is CCCCCCCCCCCCCCCCC(=O)O[C@H](COC(=O)CCCCCCCCC)COC(=O)CCCCCCCCC(C)CC. The van der Waals surface area contributed by atoms with Crippen LogP contribution in [0.5, 0.6) is 0 Å². The van der Waals surface area contributed by atoms with Gasteiger partial charge in [-0.15, -0.1) is 0 Å². The van der Waals surface area contributed by atoms with Gasteiger partial charge in [0.25, 0.3) is 0 Å². The number of hydrogen-bond acceptors (Lipinski definition) is 6. The molecule has 2 atom stereocenters. The maximum atomic E-state index is 12.7. The van der Waals surface area contributed by atoms with Crippen LogP contribution in [0.3, 0.4) is 0 Å². The van der Waals surface area contributed by atoms with Gasteiger partial charge in [-0.05, 0) is 25.2 Å². The lowest BCUT2D eigenvalue weighted by Gasteiger charge is -2.18. The number of rotatable bonds is 38. The van der Waals surface area contributed by atoms with E-state index in [2.05, 4.69) is 27.7 Å². The number of esters is 3. The highest BCUT2D eigenvalue weighted by Gasteiger charge is 2.19. The van der Waals surface area contributed by atoms with Crippen molar-refractivity contribution in [1.29, 1.82) is 0 Å². The van der Waals surface area contributed by atoms with Gasteiger partial charge >= 0.3 is 17.9 Å². The first-order valence-electron chi connectivity index (χ1n) is 21.4. The minimum absolute atomic E-state index is 0.0657. The first-order valence-corrected chi connectivity index (χ1v) is 21.4. The van der Waals surface area contributed by atoms with Crippen molar-refractivity contribution in [2.75, 3.05) is 13.2 Å². The molecule has 0 fully saturated rings. The van der Waals surface area contributed by atoms with Crippen molar-refractivity contribution in [3.63, 3.8) is 0 Å². The van der Waals surface area contributed by atoms with Gasteiger partial charge in [0.2, 0.25) is 0 Å². The molecule has 6 heteroatoms. The van der Waals surface area contributed by atoms with Crippen molar-refractivity contribution < 1.29 is 28.6 Å². The number of carbonyl (C=O) groups excluding carboxylic acids is 3. The molecule has 0 saturated carbocycles. The standard InChI is InChI=1S/C43H82O6/c1-5-8-10-12-14-15-16-17-18-19-20-22-28-32-36-43(46)49-40(37-47-41(44)34-30-26-21-13-11-9-6-2)38-48-42(45)35-31-27-24-23-25-29-33-39(4)7-3/h39-40H,5-38H2,1-4H3/t39?,40-/m1/s1. The zero-order valence-corrected chi connectivity index (χ0v) is 33.1. The van der Waals surface area contributed by atoms with E-state index in [1.165, 1.54) is 128 Å². The summed E-state index contributed by atoms with van der Waals surface area (Å²) >= 11 is 0. The molecule has 0 aromatic heterocycles. The Morgan fingerprint density at radius 3 is 1.06 bits per heavy atom. The first kappa shape index (κ1) is 47.4. The van der Waals surface area contributed by atoms with Crippen LogP contribution in [0, 0.1) is 5.92 Å². The van der Waals surface area contributed by atoms with E-state index in [-0.39, 0.29) is 31.1 Å². The van der Waals surface area contributed by atoms with E-state index in [0.29, 0.717) is 19.3 Å². The Bertz CT molecular complexity index is 738. The molecule has 0 aromatic carbocycles. The van der Waals surface area contributed by atoms with Gasteiger partial charge in [0, 0.05) is 19.3 Å². The van der Waals surface area contributed by atoms with Crippen molar-refractivity contribution in [2.24, 2.45) is 5.92 Å². The van der Waals surface area contributed by atoms with E-state index < -0.39 is 6.10 Å². The van der Waals surface area contributed by atoms with E-state index in [1.807, 2.05) is 0 Å². The van der Waals surface area contributed by atoms with E-state index in [9.17, 15) is 14.4 Å². The zero-order valence-electron chi connectivity index (χ0n) is 33.1. The molecule has 0 aliphatic heterocycles. The summed E-state index contributed by atoms with van der Waals surface area (Å²) < 4.78 is 16.6. The fourth-order valence-corrected chi connectivity index (χ4v) is 6.24. The van der Waals surface area contributed by atoms with Gasteiger partial charge in [-0.2, -0.15) is 0 Å². The van der Waals surface area contributed by atoms with E-state index in [4.69, 9.17) is 14.2 Å². The number of unbranched alkanes of at least 4 members (excludes halogenated alkanes) is 24. The van der Waals surface area contributed by atoms with Gasteiger partial charge in [0.1, 0.15) is 13.2 Å². The second-order valence-electron chi connectivity index (χ2n) is 14.9. The van der Waals surface area contributed by atoms with Crippen LogP contribution in [0.15, 0.2) is 0 Å². The smallest absolute Gasteiger partial charge is 0.306 e. The number of carbonyl (C=O) groups is 3. The summed E-state index contributed by atoms with van der Waals surface area (Å²) in [7, 11) is 0. The fraction of sp³-hybridized carbons (Fsp3) is 0.930. The predicted molar refractivity (Wildman–Crippen MR) is 206 cm³/mol. The Kier molecular flexibility index (Phi) is 36.4. The quantitative estimate of drug-likeness (QED) is 0.0364. The molecular formula is C43H82O6. The van der Waals surface area contributed by atoms with Crippen LogP contribution in [0.4, 0.5) is 0 Å². The minimum atomic E-state index is -0.758. The van der Waals surface area contributed by atoms with Crippen molar-refractivity contribution in [3.05, 3.63) is 0 Å². The predicted octanol–water partition coefficient (Wildman–Crippen LogP) is 13.2. The molecular weight excluding hydrogens is 612 g/mol. The Hall–Kier alpha value is -1.59. The van der Waals surface area contributed by atoms with Crippen LogP contribution < -0.4 is 0 Å². The molecule has 0 amide bonds. The summed E-state index contributed by atoms with van der Waals surface area (Å²) in [4.78, 5) is 37.5. The maximum Gasteiger partial charge on any atom is 0.306 e. The van der Waals surface area contributed by atoms with E-state index in [1.54, 1.807) is 0 Å². The van der Waals surface area contributed by atoms with Gasteiger partial charge in [-0.3, -0.25) is 14.4 Å². The summed E-state index contributed by atoms with van der Waals surface area (Å²) in [5, 5.41) is 0. The van der Waals surface area contributed by atoms with Gasteiger partial charge in [0.15, 0.2) is 6.10 Å². The average molecular weight is 695 g/mol. The molecule has 0 heterocycles. The normalized spacial score (nSPS) is 12.5.